The van der Waals surface area contributed by atoms with Crippen LogP contribution in [-0.4, -0.2) is 64.7 Å². The molecule has 172 valence electrons. The first-order valence-electron chi connectivity index (χ1n) is 11.2. The average molecular weight is 459 g/mol. The van der Waals surface area contributed by atoms with Gasteiger partial charge in [-0.3, -0.25) is 14.4 Å². The summed E-state index contributed by atoms with van der Waals surface area (Å²) in [5.74, 6) is 0.106. The standard InChI is InChI=1S/C24H31ClN4O3/c1-24(2,3)29-20(16-9-10-16)15-19(26-29)22(30)28-13-11-27(12-14-28)21(23(31)32-4)17-7-5-6-8-18(17)25/h5-8,15-16,21H,9-14H2,1-4H3. The van der Waals surface area contributed by atoms with Gasteiger partial charge in [0.05, 0.1) is 12.6 Å². The number of methoxy groups -OCH3 is 1. The van der Waals surface area contributed by atoms with Crippen molar-refractivity contribution >= 4 is 23.5 Å². The highest BCUT2D eigenvalue weighted by Crippen LogP contribution is 2.42. The van der Waals surface area contributed by atoms with E-state index in [-0.39, 0.29) is 17.4 Å². The Kier molecular flexibility index (Phi) is 6.32. The van der Waals surface area contributed by atoms with Gasteiger partial charge < -0.3 is 9.64 Å². The summed E-state index contributed by atoms with van der Waals surface area (Å²) in [7, 11) is 1.38. The van der Waals surface area contributed by atoms with E-state index in [4.69, 9.17) is 21.4 Å². The maximum absolute atomic E-state index is 13.2. The number of esters is 1. The van der Waals surface area contributed by atoms with Crippen molar-refractivity contribution in [3.8, 4) is 0 Å². The van der Waals surface area contributed by atoms with E-state index >= 15 is 0 Å². The van der Waals surface area contributed by atoms with Crippen LogP contribution in [0.3, 0.4) is 0 Å². The zero-order chi connectivity index (χ0) is 23.0. The van der Waals surface area contributed by atoms with Gasteiger partial charge in [-0.2, -0.15) is 5.10 Å². The molecule has 0 radical (unpaired) electrons. The van der Waals surface area contributed by atoms with Crippen LogP contribution in [0.4, 0.5) is 0 Å². The number of carbonyl (C=O) groups is 2. The van der Waals surface area contributed by atoms with Gasteiger partial charge in [-0.05, 0) is 51.3 Å². The summed E-state index contributed by atoms with van der Waals surface area (Å²) in [4.78, 5) is 29.7. The topological polar surface area (TPSA) is 67.7 Å². The summed E-state index contributed by atoms with van der Waals surface area (Å²) in [5, 5.41) is 5.22. The Morgan fingerprint density at radius 3 is 2.34 bits per heavy atom. The molecule has 1 unspecified atom stereocenters. The fourth-order valence-corrected chi connectivity index (χ4v) is 4.57. The molecule has 1 aliphatic carbocycles. The van der Waals surface area contributed by atoms with Crippen LogP contribution < -0.4 is 0 Å². The summed E-state index contributed by atoms with van der Waals surface area (Å²) >= 11 is 6.37. The number of aromatic nitrogens is 2. The fourth-order valence-electron chi connectivity index (χ4n) is 4.33. The Morgan fingerprint density at radius 1 is 1.12 bits per heavy atom. The van der Waals surface area contributed by atoms with Crippen LogP contribution in [-0.2, 0) is 15.1 Å². The van der Waals surface area contributed by atoms with Crippen LogP contribution in [0.25, 0.3) is 0 Å². The van der Waals surface area contributed by atoms with E-state index in [0.717, 1.165) is 24.1 Å². The van der Waals surface area contributed by atoms with Crippen molar-refractivity contribution in [1.29, 1.82) is 0 Å². The minimum Gasteiger partial charge on any atom is -0.468 e. The van der Waals surface area contributed by atoms with Gasteiger partial charge in [0.2, 0.25) is 0 Å². The first kappa shape index (κ1) is 22.8. The van der Waals surface area contributed by atoms with Crippen molar-refractivity contribution in [2.45, 2.75) is 51.1 Å². The number of hydrogen-bond donors (Lipinski definition) is 0. The van der Waals surface area contributed by atoms with Crippen LogP contribution in [0.1, 0.15) is 67.3 Å². The molecule has 1 aliphatic heterocycles. The van der Waals surface area contributed by atoms with E-state index in [0.29, 0.717) is 42.8 Å². The first-order chi connectivity index (χ1) is 15.2. The number of piperazine rings is 1. The van der Waals surface area contributed by atoms with Gasteiger partial charge in [0.15, 0.2) is 5.69 Å². The smallest absolute Gasteiger partial charge is 0.327 e. The highest BCUT2D eigenvalue weighted by Gasteiger charge is 2.36. The van der Waals surface area contributed by atoms with Gasteiger partial charge in [0, 0.05) is 42.8 Å². The van der Waals surface area contributed by atoms with E-state index in [1.807, 2.05) is 38.7 Å². The van der Waals surface area contributed by atoms with E-state index in [2.05, 4.69) is 20.8 Å². The molecule has 1 aromatic heterocycles. The third-order valence-corrected chi connectivity index (χ3v) is 6.52. The Balaban J connectivity index is 1.49. The van der Waals surface area contributed by atoms with Gasteiger partial charge in [-0.1, -0.05) is 29.8 Å². The summed E-state index contributed by atoms with van der Waals surface area (Å²) < 4.78 is 7.07. The first-order valence-corrected chi connectivity index (χ1v) is 11.5. The second kappa shape index (κ2) is 8.87. The monoisotopic (exact) mass is 458 g/mol. The number of nitrogens with zero attached hydrogens (tertiary/aromatic N) is 4. The van der Waals surface area contributed by atoms with Crippen molar-refractivity contribution in [2.75, 3.05) is 33.3 Å². The highest BCUT2D eigenvalue weighted by atomic mass is 35.5. The lowest BCUT2D eigenvalue weighted by Crippen LogP contribution is -2.51. The maximum atomic E-state index is 13.2. The molecule has 1 saturated carbocycles. The molecule has 0 spiro atoms. The molecular weight excluding hydrogens is 428 g/mol. The maximum Gasteiger partial charge on any atom is 0.327 e. The number of amides is 1. The molecule has 1 amide bonds. The quantitative estimate of drug-likeness (QED) is 0.637. The fraction of sp³-hybridized carbons (Fsp3) is 0.542. The molecule has 4 rings (SSSR count). The Bertz CT molecular complexity index is 1000. The summed E-state index contributed by atoms with van der Waals surface area (Å²) in [6, 6.07) is 8.70. The molecule has 32 heavy (non-hydrogen) atoms. The number of benzene rings is 1. The Morgan fingerprint density at radius 2 is 1.78 bits per heavy atom. The summed E-state index contributed by atoms with van der Waals surface area (Å²) in [6.45, 7) is 8.45. The minimum absolute atomic E-state index is 0.0538. The lowest BCUT2D eigenvalue weighted by Gasteiger charge is -2.38. The highest BCUT2D eigenvalue weighted by molar-refractivity contribution is 6.31. The summed E-state index contributed by atoms with van der Waals surface area (Å²) in [6.07, 6.45) is 2.32. The van der Waals surface area contributed by atoms with Crippen molar-refractivity contribution in [1.82, 2.24) is 19.6 Å². The van der Waals surface area contributed by atoms with Gasteiger partial charge >= 0.3 is 5.97 Å². The predicted octanol–water partition coefficient (Wildman–Crippen LogP) is 3.84. The third-order valence-electron chi connectivity index (χ3n) is 6.18. The molecule has 2 heterocycles. The van der Waals surface area contributed by atoms with Gasteiger partial charge in [0.1, 0.15) is 6.04 Å². The molecule has 1 atom stereocenters. The molecule has 2 aliphatic rings. The third kappa shape index (κ3) is 4.55. The zero-order valence-electron chi connectivity index (χ0n) is 19.2. The van der Waals surface area contributed by atoms with E-state index in [9.17, 15) is 9.59 Å². The lowest BCUT2D eigenvalue weighted by atomic mass is 10.0. The average Bonchev–Trinajstić information content (AvgIpc) is 3.51. The molecule has 1 saturated heterocycles. The second-order valence-electron chi connectivity index (χ2n) is 9.59. The number of halogens is 1. The number of ether oxygens (including phenoxy) is 1. The van der Waals surface area contributed by atoms with E-state index in [1.54, 1.807) is 6.07 Å². The molecule has 0 N–H and O–H groups in total. The predicted molar refractivity (Wildman–Crippen MR) is 123 cm³/mol. The molecule has 8 heteroatoms. The molecule has 2 aromatic rings. The minimum atomic E-state index is -0.590. The van der Waals surface area contributed by atoms with Gasteiger partial charge in [-0.25, -0.2) is 4.79 Å². The lowest BCUT2D eigenvalue weighted by molar-refractivity contribution is -0.148. The van der Waals surface area contributed by atoms with Crippen molar-refractivity contribution in [3.05, 3.63) is 52.3 Å². The molecule has 7 nitrogen and oxygen atoms in total. The van der Waals surface area contributed by atoms with E-state index in [1.165, 1.54) is 7.11 Å². The molecule has 1 aromatic carbocycles. The number of carbonyl (C=O) groups excluding carboxylic acids is 2. The Labute approximate surface area is 194 Å². The van der Waals surface area contributed by atoms with Crippen molar-refractivity contribution in [3.63, 3.8) is 0 Å². The molecule has 0 bridgehead atoms. The summed E-state index contributed by atoms with van der Waals surface area (Å²) in [5.41, 5.74) is 2.21. The number of hydrogen-bond acceptors (Lipinski definition) is 5. The SMILES string of the molecule is COC(=O)C(c1ccccc1Cl)N1CCN(C(=O)c2cc(C3CC3)n(C(C)(C)C)n2)CC1. The Hall–Kier alpha value is -2.38. The largest absolute Gasteiger partial charge is 0.468 e. The van der Waals surface area contributed by atoms with Crippen LogP contribution in [0.2, 0.25) is 5.02 Å². The van der Waals surface area contributed by atoms with Gasteiger partial charge in [-0.15, -0.1) is 0 Å². The van der Waals surface area contributed by atoms with Crippen LogP contribution in [0, 0.1) is 0 Å². The van der Waals surface area contributed by atoms with Crippen molar-refractivity contribution < 1.29 is 14.3 Å². The van der Waals surface area contributed by atoms with Crippen molar-refractivity contribution in [2.24, 2.45) is 0 Å². The molecule has 2 fully saturated rings. The molecular formula is C24H31ClN4O3. The van der Waals surface area contributed by atoms with E-state index < -0.39 is 6.04 Å². The zero-order valence-corrected chi connectivity index (χ0v) is 19.9. The van der Waals surface area contributed by atoms with Gasteiger partial charge in [0.25, 0.3) is 5.91 Å². The normalized spacial score (nSPS) is 18.5. The number of rotatable bonds is 5. The van der Waals surface area contributed by atoms with Crippen LogP contribution in [0.5, 0.6) is 0 Å². The van der Waals surface area contributed by atoms with Crippen LogP contribution >= 0.6 is 11.6 Å². The van der Waals surface area contributed by atoms with Crippen LogP contribution in [0.15, 0.2) is 30.3 Å². The second-order valence-corrected chi connectivity index (χ2v) is 9.99.